The summed E-state index contributed by atoms with van der Waals surface area (Å²) < 4.78 is 14.5. The summed E-state index contributed by atoms with van der Waals surface area (Å²) in [6.07, 6.45) is 1.48. The number of carbonyl (C=O) groups excluding carboxylic acids is 2. The third-order valence-electron chi connectivity index (χ3n) is 4.61. The van der Waals surface area contributed by atoms with E-state index < -0.39 is 23.5 Å². The number of hydrogen-bond donors (Lipinski definition) is 1. The third kappa shape index (κ3) is 3.60. The maximum atomic E-state index is 14.5. The number of amides is 1. The second kappa shape index (κ2) is 7.92. The van der Waals surface area contributed by atoms with Crippen molar-refractivity contribution in [1.82, 2.24) is 4.90 Å². The van der Waals surface area contributed by atoms with Crippen LogP contribution in [0.4, 0.5) is 4.39 Å². The average Bonchev–Trinajstić information content (AvgIpc) is 2.91. The van der Waals surface area contributed by atoms with E-state index in [2.05, 4.69) is 0 Å². The van der Waals surface area contributed by atoms with Gasteiger partial charge in [0.2, 0.25) is 0 Å². The molecule has 1 N–H and O–H groups in total. The van der Waals surface area contributed by atoms with Crippen molar-refractivity contribution in [2.75, 3.05) is 6.54 Å². The molecule has 4 nitrogen and oxygen atoms in total. The van der Waals surface area contributed by atoms with Crippen LogP contribution in [0.1, 0.15) is 36.9 Å². The molecule has 140 valence electrons. The van der Waals surface area contributed by atoms with E-state index >= 15 is 0 Å². The zero-order valence-corrected chi connectivity index (χ0v) is 15.5. The van der Waals surface area contributed by atoms with Gasteiger partial charge in [-0.05, 0) is 36.8 Å². The fourth-order valence-electron chi connectivity index (χ4n) is 3.22. The van der Waals surface area contributed by atoms with E-state index in [9.17, 15) is 19.1 Å². The number of nitrogens with zero attached hydrogens (tertiary/aromatic N) is 1. The van der Waals surface area contributed by atoms with E-state index in [4.69, 9.17) is 11.6 Å². The summed E-state index contributed by atoms with van der Waals surface area (Å²) in [6.45, 7) is 2.26. The van der Waals surface area contributed by atoms with Crippen LogP contribution in [0.15, 0.2) is 54.1 Å². The summed E-state index contributed by atoms with van der Waals surface area (Å²) in [6, 6.07) is 11.3. The van der Waals surface area contributed by atoms with Gasteiger partial charge in [-0.1, -0.05) is 43.1 Å². The molecule has 2 aromatic rings. The van der Waals surface area contributed by atoms with Gasteiger partial charge in [0.25, 0.3) is 11.7 Å². The number of benzene rings is 2. The van der Waals surface area contributed by atoms with E-state index in [1.54, 1.807) is 30.3 Å². The first kappa shape index (κ1) is 19.1. The van der Waals surface area contributed by atoms with Crippen molar-refractivity contribution in [3.8, 4) is 0 Å². The van der Waals surface area contributed by atoms with E-state index in [1.165, 1.54) is 23.1 Å². The molecule has 3 rings (SSSR count). The van der Waals surface area contributed by atoms with Gasteiger partial charge in [-0.25, -0.2) is 4.39 Å². The molecule has 1 fully saturated rings. The van der Waals surface area contributed by atoms with Gasteiger partial charge < -0.3 is 10.0 Å². The normalized spacial score (nSPS) is 18.9. The minimum Gasteiger partial charge on any atom is -0.507 e. The molecule has 1 heterocycles. The lowest BCUT2D eigenvalue weighted by Gasteiger charge is -2.25. The van der Waals surface area contributed by atoms with E-state index in [1.807, 2.05) is 6.92 Å². The lowest BCUT2D eigenvalue weighted by atomic mass is 9.95. The molecule has 6 heteroatoms. The molecule has 0 aromatic heterocycles. The number of aliphatic hydroxyl groups is 1. The van der Waals surface area contributed by atoms with Crippen LogP contribution in [0.5, 0.6) is 0 Å². The Balaban J connectivity index is 2.18. The van der Waals surface area contributed by atoms with E-state index in [0.29, 0.717) is 23.6 Å². The molecule has 0 radical (unpaired) electrons. The van der Waals surface area contributed by atoms with Crippen molar-refractivity contribution < 1.29 is 19.1 Å². The Morgan fingerprint density at radius 1 is 1.15 bits per heavy atom. The van der Waals surface area contributed by atoms with Crippen molar-refractivity contribution in [2.24, 2.45) is 0 Å². The Morgan fingerprint density at radius 2 is 1.81 bits per heavy atom. The minimum absolute atomic E-state index is 0.108. The Bertz CT molecular complexity index is 908. The summed E-state index contributed by atoms with van der Waals surface area (Å²) in [5, 5.41) is 11.3. The maximum absolute atomic E-state index is 14.5. The zero-order chi connectivity index (χ0) is 19.6. The number of halogens is 2. The molecule has 27 heavy (non-hydrogen) atoms. The molecule has 0 spiro atoms. The number of unbranched alkanes of at least 4 members (excludes halogenated alkanes) is 1. The highest BCUT2D eigenvalue weighted by atomic mass is 35.5. The monoisotopic (exact) mass is 387 g/mol. The van der Waals surface area contributed by atoms with Crippen LogP contribution in [0, 0.1) is 5.82 Å². The number of likely N-dealkylation sites (tertiary alicyclic amines) is 1. The molecule has 0 unspecified atom stereocenters. The lowest BCUT2D eigenvalue weighted by molar-refractivity contribution is -0.139. The smallest absolute Gasteiger partial charge is 0.295 e. The first-order valence-electron chi connectivity index (χ1n) is 8.74. The molecule has 0 aliphatic carbocycles. The molecular weight excluding hydrogens is 369 g/mol. The molecule has 1 aliphatic heterocycles. The molecule has 1 saturated heterocycles. The topological polar surface area (TPSA) is 57.6 Å². The van der Waals surface area contributed by atoms with Gasteiger partial charge >= 0.3 is 0 Å². The predicted octanol–water partition coefficient (Wildman–Crippen LogP) is 4.70. The number of carbonyl (C=O) groups is 2. The van der Waals surface area contributed by atoms with Crippen LogP contribution in [0.3, 0.4) is 0 Å². The van der Waals surface area contributed by atoms with E-state index in [0.717, 1.165) is 6.42 Å². The number of Topliss-reactive ketones (excluding diaryl/α,β-unsaturated/α-hetero) is 1. The molecule has 0 saturated carbocycles. The average molecular weight is 388 g/mol. The van der Waals surface area contributed by atoms with Crippen molar-refractivity contribution in [1.29, 1.82) is 0 Å². The molecule has 2 aromatic carbocycles. The van der Waals surface area contributed by atoms with Gasteiger partial charge in [0, 0.05) is 22.7 Å². The SMILES string of the molecule is CCCCN1C(=O)C(=O)C(=C(O)c2ccc(Cl)cc2)[C@@H]1c1ccccc1F. The van der Waals surface area contributed by atoms with Crippen LogP contribution in [0.2, 0.25) is 5.02 Å². The largest absolute Gasteiger partial charge is 0.507 e. The molecular formula is C21H19ClFNO3. The van der Waals surface area contributed by atoms with Gasteiger partial charge in [0.15, 0.2) is 0 Å². The second-order valence-electron chi connectivity index (χ2n) is 6.37. The lowest BCUT2D eigenvalue weighted by Crippen LogP contribution is -2.31. The zero-order valence-electron chi connectivity index (χ0n) is 14.8. The standard InChI is InChI=1S/C21H19ClFNO3/c1-2-3-12-24-18(15-6-4-5-7-16(15)23)17(20(26)21(24)27)19(25)13-8-10-14(22)11-9-13/h4-11,18,25H,2-3,12H2,1H3/t18-/m0/s1. The summed E-state index contributed by atoms with van der Waals surface area (Å²) in [7, 11) is 0. The van der Waals surface area contributed by atoms with Crippen LogP contribution in [-0.4, -0.2) is 28.2 Å². The quantitative estimate of drug-likeness (QED) is 0.459. The van der Waals surface area contributed by atoms with Crippen LogP contribution in [-0.2, 0) is 9.59 Å². The first-order valence-corrected chi connectivity index (χ1v) is 9.12. The van der Waals surface area contributed by atoms with Crippen LogP contribution < -0.4 is 0 Å². The fraction of sp³-hybridized carbons (Fsp3) is 0.238. The molecule has 1 aliphatic rings. The fourth-order valence-corrected chi connectivity index (χ4v) is 3.35. The van der Waals surface area contributed by atoms with E-state index in [-0.39, 0.29) is 16.9 Å². The van der Waals surface area contributed by atoms with Crippen LogP contribution >= 0.6 is 11.6 Å². The van der Waals surface area contributed by atoms with Crippen molar-refractivity contribution in [3.63, 3.8) is 0 Å². The molecule has 1 atom stereocenters. The highest BCUT2D eigenvalue weighted by Gasteiger charge is 2.46. The van der Waals surface area contributed by atoms with Gasteiger partial charge in [-0.15, -0.1) is 0 Å². The third-order valence-corrected chi connectivity index (χ3v) is 4.86. The van der Waals surface area contributed by atoms with Gasteiger partial charge in [0.1, 0.15) is 11.6 Å². The Labute approximate surface area is 161 Å². The highest BCUT2D eigenvalue weighted by molar-refractivity contribution is 6.46. The minimum atomic E-state index is -0.964. The van der Waals surface area contributed by atoms with Gasteiger partial charge in [-0.3, -0.25) is 9.59 Å². The number of aliphatic hydroxyl groups excluding tert-OH is 1. The Morgan fingerprint density at radius 3 is 2.44 bits per heavy atom. The number of ketones is 1. The van der Waals surface area contributed by atoms with Gasteiger partial charge in [0.05, 0.1) is 11.6 Å². The Hall–Kier alpha value is -2.66. The predicted molar refractivity (Wildman–Crippen MR) is 102 cm³/mol. The van der Waals surface area contributed by atoms with Crippen molar-refractivity contribution in [3.05, 3.63) is 76.1 Å². The summed E-state index contributed by atoms with van der Waals surface area (Å²) in [4.78, 5) is 26.6. The van der Waals surface area contributed by atoms with Gasteiger partial charge in [-0.2, -0.15) is 0 Å². The number of rotatable bonds is 5. The molecule has 1 amide bonds. The number of hydrogen-bond acceptors (Lipinski definition) is 3. The first-order chi connectivity index (χ1) is 13.0. The van der Waals surface area contributed by atoms with Crippen LogP contribution in [0.25, 0.3) is 5.76 Å². The van der Waals surface area contributed by atoms with Crippen molar-refractivity contribution in [2.45, 2.75) is 25.8 Å². The summed E-state index contributed by atoms with van der Waals surface area (Å²) in [5.74, 6) is -2.41. The highest BCUT2D eigenvalue weighted by Crippen LogP contribution is 2.40. The maximum Gasteiger partial charge on any atom is 0.295 e. The summed E-state index contributed by atoms with van der Waals surface area (Å²) in [5.41, 5.74) is 0.418. The molecule has 0 bridgehead atoms. The summed E-state index contributed by atoms with van der Waals surface area (Å²) >= 11 is 5.88. The van der Waals surface area contributed by atoms with Crippen molar-refractivity contribution >= 4 is 29.1 Å². The Kier molecular flexibility index (Phi) is 5.61. The second-order valence-corrected chi connectivity index (χ2v) is 6.81.